The number of amides is 1. The summed E-state index contributed by atoms with van der Waals surface area (Å²) < 4.78 is 6.01. The smallest absolute Gasteiger partial charge is 0.220 e. The highest BCUT2D eigenvalue weighted by atomic mass is 79.9. The Morgan fingerprint density at radius 2 is 2.00 bits per heavy atom. The van der Waals surface area contributed by atoms with Crippen molar-refractivity contribution in [2.45, 2.75) is 45.6 Å². The number of carbonyl (C=O) groups excluding carboxylic acids is 2. The van der Waals surface area contributed by atoms with E-state index in [1.165, 1.54) is 7.11 Å². The van der Waals surface area contributed by atoms with E-state index in [2.05, 4.69) is 35.1 Å². The maximum absolute atomic E-state index is 12.4. The maximum atomic E-state index is 12.4. The lowest BCUT2D eigenvalue weighted by Gasteiger charge is -2.31. The maximum Gasteiger partial charge on any atom is 0.220 e. The molecule has 0 fully saturated rings. The van der Waals surface area contributed by atoms with Crippen LogP contribution in [0.4, 0.5) is 0 Å². The molecule has 0 radical (unpaired) electrons. The third-order valence-electron chi connectivity index (χ3n) is 3.79. The van der Waals surface area contributed by atoms with E-state index in [9.17, 15) is 9.59 Å². The summed E-state index contributed by atoms with van der Waals surface area (Å²) in [5.41, 5.74) is 5.83. The fourth-order valence-electron chi connectivity index (χ4n) is 2.75. The molecule has 0 aromatic heterocycles. The van der Waals surface area contributed by atoms with E-state index in [0.29, 0.717) is 23.8 Å². The monoisotopic (exact) mass is 398 g/mol. The van der Waals surface area contributed by atoms with Crippen molar-refractivity contribution >= 4 is 27.6 Å². The van der Waals surface area contributed by atoms with Crippen LogP contribution in [-0.2, 0) is 4.79 Å². The average molecular weight is 399 g/mol. The number of rotatable bonds is 9. The molecule has 5 nitrogen and oxygen atoms in total. The number of hydrogen-bond acceptors (Lipinski definition) is 4. The molecule has 1 unspecified atom stereocenters. The largest absolute Gasteiger partial charge is 0.496 e. The highest BCUT2D eigenvalue weighted by molar-refractivity contribution is 9.10. The Kier molecular flexibility index (Phi) is 7.90. The summed E-state index contributed by atoms with van der Waals surface area (Å²) in [7, 11) is 1.52. The number of nitrogens with one attached hydrogen (secondary N) is 1. The fourth-order valence-corrected chi connectivity index (χ4v) is 3.11. The van der Waals surface area contributed by atoms with Crippen molar-refractivity contribution in [1.29, 1.82) is 0 Å². The first-order chi connectivity index (χ1) is 11.2. The molecule has 0 heterocycles. The molecule has 0 aliphatic heterocycles. The summed E-state index contributed by atoms with van der Waals surface area (Å²) >= 11 is 3.34. The van der Waals surface area contributed by atoms with Crippen LogP contribution in [0.1, 0.15) is 50.4 Å². The number of nitrogens with two attached hydrogens (primary N) is 1. The minimum absolute atomic E-state index is 0.124. The number of benzene rings is 1. The molecule has 0 saturated carbocycles. The predicted molar refractivity (Wildman–Crippen MR) is 99.3 cm³/mol. The summed E-state index contributed by atoms with van der Waals surface area (Å²) in [6, 6.07) is 5.24. The molecule has 1 rings (SSSR count). The van der Waals surface area contributed by atoms with Crippen molar-refractivity contribution in [2.24, 2.45) is 11.7 Å². The first-order valence-corrected chi connectivity index (χ1v) is 8.88. The molecule has 134 valence electrons. The summed E-state index contributed by atoms with van der Waals surface area (Å²) in [6.45, 7) is 6.47. The van der Waals surface area contributed by atoms with Gasteiger partial charge in [-0.25, -0.2) is 0 Å². The number of ether oxygens (including phenoxy) is 1. The normalized spacial score (nSPS) is 13.5. The van der Waals surface area contributed by atoms with Gasteiger partial charge in [-0.05, 0) is 37.5 Å². The van der Waals surface area contributed by atoms with Crippen molar-refractivity contribution in [3.8, 4) is 5.75 Å². The average Bonchev–Trinajstić information content (AvgIpc) is 2.51. The van der Waals surface area contributed by atoms with Gasteiger partial charge < -0.3 is 15.8 Å². The number of hydrogen-bond donors (Lipinski definition) is 2. The van der Waals surface area contributed by atoms with Crippen LogP contribution in [0.2, 0.25) is 0 Å². The SMILES string of the molecule is COc1ccc(Br)cc1C(=O)CCC(=O)NC(C)(CN)CC(C)C. The molecule has 1 amide bonds. The lowest BCUT2D eigenvalue weighted by molar-refractivity contribution is -0.122. The standard InChI is InChI=1S/C18H27BrN2O3/c1-12(2)10-18(3,11-20)21-17(23)8-6-15(22)14-9-13(19)5-7-16(14)24-4/h5,7,9,12H,6,8,10-11,20H2,1-4H3,(H,21,23). The van der Waals surface area contributed by atoms with Gasteiger partial charge in [-0.2, -0.15) is 0 Å². The molecule has 6 heteroatoms. The Hall–Kier alpha value is -1.40. The van der Waals surface area contributed by atoms with E-state index < -0.39 is 5.54 Å². The molecule has 1 atom stereocenters. The third-order valence-corrected chi connectivity index (χ3v) is 4.28. The van der Waals surface area contributed by atoms with E-state index in [1.807, 2.05) is 6.92 Å². The van der Waals surface area contributed by atoms with E-state index >= 15 is 0 Å². The second-order valence-corrected chi connectivity index (χ2v) is 7.59. The van der Waals surface area contributed by atoms with Crippen molar-refractivity contribution in [2.75, 3.05) is 13.7 Å². The van der Waals surface area contributed by atoms with Crippen molar-refractivity contribution in [3.05, 3.63) is 28.2 Å². The number of halogens is 1. The van der Waals surface area contributed by atoms with Gasteiger partial charge in [0.1, 0.15) is 5.75 Å². The van der Waals surface area contributed by atoms with Crippen LogP contribution < -0.4 is 15.8 Å². The summed E-state index contributed by atoms with van der Waals surface area (Å²) in [5.74, 6) is 0.647. The Bertz CT molecular complexity index is 590. The van der Waals surface area contributed by atoms with E-state index in [-0.39, 0.29) is 24.5 Å². The zero-order valence-corrected chi connectivity index (χ0v) is 16.4. The second kappa shape index (κ2) is 9.18. The Morgan fingerprint density at radius 1 is 1.33 bits per heavy atom. The van der Waals surface area contributed by atoms with Crippen molar-refractivity contribution in [1.82, 2.24) is 5.32 Å². The highest BCUT2D eigenvalue weighted by Crippen LogP contribution is 2.24. The zero-order chi connectivity index (χ0) is 18.3. The predicted octanol–water partition coefficient (Wildman–Crippen LogP) is 3.30. The molecule has 3 N–H and O–H groups in total. The van der Waals surface area contributed by atoms with Crippen LogP contribution in [0.15, 0.2) is 22.7 Å². The highest BCUT2D eigenvalue weighted by Gasteiger charge is 2.26. The summed E-state index contributed by atoms with van der Waals surface area (Å²) in [6.07, 6.45) is 1.05. The molecule has 1 aromatic carbocycles. The van der Waals surface area contributed by atoms with Crippen molar-refractivity contribution < 1.29 is 14.3 Å². The number of Topliss-reactive ketones (excluding diaryl/α,β-unsaturated/α-hetero) is 1. The van der Waals surface area contributed by atoms with Gasteiger partial charge in [0, 0.05) is 29.4 Å². The van der Waals surface area contributed by atoms with Crippen LogP contribution in [0.25, 0.3) is 0 Å². The van der Waals surface area contributed by atoms with Crippen LogP contribution in [-0.4, -0.2) is 30.9 Å². The number of ketones is 1. The lowest BCUT2D eigenvalue weighted by Crippen LogP contribution is -2.52. The Morgan fingerprint density at radius 3 is 2.54 bits per heavy atom. The van der Waals surface area contributed by atoms with Gasteiger partial charge in [-0.15, -0.1) is 0 Å². The van der Waals surface area contributed by atoms with Gasteiger partial charge in [0.2, 0.25) is 5.91 Å². The van der Waals surface area contributed by atoms with Crippen LogP contribution in [0, 0.1) is 5.92 Å². The van der Waals surface area contributed by atoms with Gasteiger partial charge in [-0.3, -0.25) is 9.59 Å². The molecular weight excluding hydrogens is 372 g/mol. The van der Waals surface area contributed by atoms with Gasteiger partial charge >= 0.3 is 0 Å². The van der Waals surface area contributed by atoms with Gasteiger partial charge in [-0.1, -0.05) is 29.8 Å². The summed E-state index contributed by atoms with van der Waals surface area (Å²) in [5, 5.41) is 2.96. The van der Waals surface area contributed by atoms with Gasteiger partial charge in [0.05, 0.1) is 12.7 Å². The van der Waals surface area contributed by atoms with Crippen LogP contribution in [0.5, 0.6) is 5.75 Å². The molecule has 1 aromatic rings. The molecule has 0 aliphatic rings. The molecule has 0 bridgehead atoms. The minimum Gasteiger partial charge on any atom is -0.496 e. The molecule has 0 spiro atoms. The summed E-state index contributed by atoms with van der Waals surface area (Å²) in [4.78, 5) is 24.6. The van der Waals surface area contributed by atoms with Crippen LogP contribution >= 0.6 is 15.9 Å². The Balaban J connectivity index is 2.67. The Labute approximate surface area is 152 Å². The molecule has 0 aliphatic carbocycles. The van der Waals surface area contributed by atoms with E-state index in [4.69, 9.17) is 10.5 Å². The van der Waals surface area contributed by atoms with Crippen molar-refractivity contribution in [3.63, 3.8) is 0 Å². The van der Waals surface area contributed by atoms with Gasteiger partial charge in [0.15, 0.2) is 5.78 Å². The topological polar surface area (TPSA) is 81.4 Å². The van der Waals surface area contributed by atoms with E-state index in [0.717, 1.165) is 10.9 Å². The van der Waals surface area contributed by atoms with Crippen LogP contribution in [0.3, 0.4) is 0 Å². The zero-order valence-electron chi connectivity index (χ0n) is 14.8. The second-order valence-electron chi connectivity index (χ2n) is 6.68. The first-order valence-electron chi connectivity index (χ1n) is 8.08. The minimum atomic E-state index is -0.443. The van der Waals surface area contributed by atoms with E-state index in [1.54, 1.807) is 18.2 Å². The number of carbonyl (C=O) groups is 2. The third kappa shape index (κ3) is 6.24. The molecular formula is C18H27BrN2O3. The quantitative estimate of drug-likeness (QED) is 0.625. The number of methoxy groups -OCH3 is 1. The first kappa shape index (κ1) is 20.6. The molecule has 24 heavy (non-hydrogen) atoms. The fraction of sp³-hybridized carbons (Fsp3) is 0.556. The molecule has 0 saturated heterocycles. The lowest BCUT2D eigenvalue weighted by atomic mass is 9.90. The van der Waals surface area contributed by atoms with Gasteiger partial charge in [0.25, 0.3) is 0 Å².